The zero-order valence-corrected chi connectivity index (χ0v) is 24.3. The van der Waals surface area contributed by atoms with Gasteiger partial charge in [0.25, 0.3) is 0 Å². The van der Waals surface area contributed by atoms with Crippen molar-refractivity contribution >= 4 is 35.6 Å². The fourth-order valence-corrected chi connectivity index (χ4v) is 4.38. The first-order chi connectivity index (χ1) is 21.8. The molecule has 4 rings (SSSR count). The zero-order chi connectivity index (χ0) is 32.0. The van der Waals surface area contributed by atoms with Crippen LogP contribution in [0.5, 0.6) is 0 Å². The van der Waals surface area contributed by atoms with Gasteiger partial charge in [-0.15, -0.1) is 0 Å². The van der Waals surface area contributed by atoms with Crippen molar-refractivity contribution in [1.82, 2.24) is 16.0 Å². The van der Waals surface area contributed by atoms with Gasteiger partial charge in [0, 0.05) is 0 Å². The molecule has 0 saturated carbocycles. The molecule has 234 valence electrons. The number of benzene rings is 3. The molecule has 3 atom stereocenters. The van der Waals surface area contributed by atoms with Crippen molar-refractivity contribution in [3.63, 3.8) is 0 Å². The summed E-state index contributed by atoms with van der Waals surface area (Å²) in [5.74, 6) is -5.16. The van der Waals surface area contributed by atoms with Crippen LogP contribution < -0.4 is 16.0 Å². The van der Waals surface area contributed by atoms with Gasteiger partial charge in [-0.05, 0) is 16.7 Å². The average molecular weight is 616 g/mol. The molecule has 12 nitrogen and oxygen atoms in total. The maximum Gasteiger partial charge on any atom is 0.329 e. The van der Waals surface area contributed by atoms with Crippen molar-refractivity contribution in [1.29, 1.82) is 0 Å². The lowest BCUT2D eigenvalue weighted by atomic mass is 10.1. The lowest BCUT2D eigenvalue weighted by Crippen LogP contribution is -2.53. The molecule has 1 saturated heterocycles. The summed E-state index contributed by atoms with van der Waals surface area (Å²) in [6.45, 7) is -0.355. The molecule has 45 heavy (non-hydrogen) atoms. The van der Waals surface area contributed by atoms with Crippen molar-refractivity contribution in [2.45, 2.75) is 57.2 Å². The predicted molar refractivity (Wildman–Crippen MR) is 158 cm³/mol. The van der Waals surface area contributed by atoms with Gasteiger partial charge >= 0.3 is 17.9 Å². The van der Waals surface area contributed by atoms with Crippen molar-refractivity contribution in [3.05, 3.63) is 108 Å². The molecule has 12 heteroatoms. The largest absolute Gasteiger partial charge is 0.459 e. The fraction of sp³-hybridized carbons (Fsp3) is 0.273. The van der Waals surface area contributed by atoms with Gasteiger partial charge in [0.2, 0.25) is 17.7 Å². The Morgan fingerprint density at radius 2 is 0.711 bits per heavy atom. The third kappa shape index (κ3) is 10.6. The van der Waals surface area contributed by atoms with Crippen LogP contribution in [0.1, 0.15) is 36.0 Å². The predicted octanol–water partition coefficient (Wildman–Crippen LogP) is 1.85. The number of nitrogens with one attached hydrogen (secondary N) is 3. The van der Waals surface area contributed by atoms with E-state index in [-0.39, 0.29) is 19.8 Å². The average Bonchev–Trinajstić information content (AvgIpc) is 3.05. The number of hydrogen-bond acceptors (Lipinski definition) is 9. The summed E-state index contributed by atoms with van der Waals surface area (Å²) in [5.41, 5.74) is 2.04. The van der Waals surface area contributed by atoms with Crippen LogP contribution in [0.25, 0.3) is 0 Å². The van der Waals surface area contributed by atoms with E-state index in [0.717, 1.165) is 0 Å². The second-order valence-electron chi connectivity index (χ2n) is 10.3. The molecule has 1 fully saturated rings. The second kappa shape index (κ2) is 16.4. The number of carbonyl (C=O) groups excluding carboxylic acids is 6. The first-order valence-electron chi connectivity index (χ1n) is 14.3. The Morgan fingerprint density at radius 3 is 0.956 bits per heavy atom. The molecule has 3 aromatic rings. The molecule has 3 aromatic carbocycles. The molecule has 3 unspecified atom stereocenters. The Morgan fingerprint density at radius 1 is 0.467 bits per heavy atom. The molecule has 1 heterocycles. The van der Waals surface area contributed by atoms with E-state index in [1.807, 2.05) is 0 Å². The van der Waals surface area contributed by atoms with E-state index in [4.69, 9.17) is 14.2 Å². The summed E-state index contributed by atoms with van der Waals surface area (Å²) in [4.78, 5) is 78.0. The molecule has 0 radical (unpaired) electrons. The van der Waals surface area contributed by atoms with E-state index in [2.05, 4.69) is 16.0 Å². The molecule has 3 N–H and O–H groups in total. The van der Waals surface area contributed by atoms with E-state index in [0.29, 0.717) is 16.7 Å². The van der Waals surface area contributed by atoms with Gasteiger partial charge in [-0.3, -0.25) is 14.4 Å². The number of esters is 3. The number of ether oxygens (including phenoxy) is 3. The van der Waals surface area contributed by atoms with Crippen LogP contribution in [0.15, 0.2) is 91.0 Å². The summed E-state index contributed by atoms with van der Waals surface area (Å²) in [6.07, 6.45) is -1.81. The maximum atomic E-state index is 13.0. The summed E-state index contributed by atoms with van der Waals surface area (Å²) in [5, 5.41) is 7.25. The Balaban J connectivity index is 1.51. The van der Waals surface area contributed by atoms with Crippen molar-refractivity contribution in [2.75, 3.05) is 0 Å². The van der Waals surface area contributed by atoms with E-state index in [1.165, 1.54) is 0 Å². The summed E-state index contributed by atoms with van der Waals surface area (Å²) in [6, 6.07) is 22.0. The van der Waals surface area contributed by atoms with Gasteiger partial charge in [-0.2, -0.15) is 0 Å². The number of carbonyl (C=O) groups is 6. The number of amides is 3. The highest BCUT2D eigenvalue weighted by Gasteiger charge is 2.34. The van der Waals surface area contributed by atoms with Crippen molar-refractivity contribution < 1.29 is 43.0 Å². The van der Waals surface area contributed by atoms with Crippen LogP contribution >= 0.6 is 0 Å². The third-order valence-electron chi connectivity index (χ3n) is 6.70. The van der Waals surface area contributed by atoms with Crippen molar-refractivity contribution in [2.24, 2.45) is 0 Å². The Bertz CT molecular complexity index is 1280. The summed E-state index contributed by atoms with van der Waals surface area (Å²) >= 11 is 0. The van der Waals surface area contributed by atoms with Gasteiger partial charge in [0.15, 0.2) is 0 Å². The standard InChI is InChI=1S/C33H33N3O9/c37-28-16-25(31(40)43-19-22-10-4-1-5-11-22)34-29(38)17-26(32(41)44-20-23-12-6-2-7-13-23)36-30(39)18-27(35-28)33(42)45-21-24-14-8-3-9-15-24/h1-15,25-27H,16-21H2,(H,34,38)(H,35,37)(H,36,39). The van der Waals surface area contributed by atoms with E-state index >= 15 is 0 Å². The van der Waals surface area contributed by atoms with Gasteiger partial charge in [-0.1, -0.05) is 91.0 Å². The van der Waals surface area contributed by atoms with Crippen LogP contribution in [-0.2, 0) is 62.8 Å². The lowest BCUT2D eigenvalue weighted by molar-refractivity contribution is -0.154. The molecular formula is C33H33N3O9. The van der Waals surface area contributed by atoms with Gasteiger partial charge in [-0.25, -0.2) is 14.4 Å². The first kappa shape index (κ1) is 32.4. The minimum atomic E-state index is -1.46. The van der Waals surface area contributed by atoms with Gasteiger partial charge < -0.3 is 30.2 Å². The highest BCUT2D eigenvalue weighted by Crippen LogP contribution is 2.10. The maximum absolute atomic E-state index is 13.0. The molecule has 0 bridgehead atoms. The minimum Gasteiger partial charge on any atom is -0.459 e. The van der Waals surface area contributed by atoms with Crippen LogP contribution in [0.3, 0.4) is 0 Å². The minimum absolute atomic E-state index is 0.118. The van der Waals surface area contributed by atoms with Crippen LogP contribution in [0.4, 0.5) is 0 Å². The fourth-order valence-electron chi connectivity index (χ4n) is 4.38. The molecule has 0 aromatic heterocycles. The normalized spacial score (nSPS) is 18.9. The molecule has 0 aliphatic carbocycles. The van der Waals surface area contributed by atoms with E-state index in [9.17, 15) is 28.8 Å². The quantitative estimate of drug-likeness (QED) is 0.241. The number of hydrogen-bond donors (Lipinski definition) is 3. The van der Waals surface area contributed by atoms with E-state index < -0.39 is 73.0 Å². The van der Waals surface area contributed by atoms with Crippen LogP contribution in [-0.4, -0.2) is 53.8 Å². The lowest BCUT2D eigenvalue weighted by Gasteiger charge is -2.24. The molecule has 0 spiro atoms. The van der Waals surface area contributed by atoms with Crippen LogP contribution in [0.2, 0.25) is 0 Å². The number of rotatable bonds is 9. The third-order valence-corrected chi connectivity index (χ3v) is 6.70. The Hall–Kier alpha value is -5.52. The SMILES string of the molecule is O=C1CC(C(=O)OCc2ccccc2)NC(=O)CC(C(=O)OCc2ccccc2)NC(=O)CC(C(=O)OCc2ccccc2)N1. The van der Waals surface area contributed by atoms with E-state index in [1.54, 1.807) is 91.0 Å². The Labute approximate surface area is 259 Å². The molecular weight excluding hydrogens is 582 g/mol. The highest BCUT2D eigenvalue weighted by atomic mass is 16.5. The van der Waals surface area contributed by atoms with Crippen LogP contribution in [0, 0.1) is 0 Å². The first-order valence-corrected chi connectivity index (χ1v) is 14.3. The van der Waals surface area contributed by atoms with Crippen molar-refractivity contribution in [3.8, 4) is 0 Å². The van der Waals surface area contributed by atoms with Gasteiger partial charge in [0.1, 0.15) is 37.9 Å². The molecule has 3 amide bonds. The smallest absolute Gasteiger partial charge is 0.329 e. The molecule has 1 aliphatic rings. The zero-order valence-electron chi connectivity index (χ0n) is 24.3. The monoisotopic (exact) mass is 615 g/mol. The Kier molecular flexibility index (Phi) is 11.8. The second-order valence-corrected chi connectivity index (χ2v) is 10.3. The summed E-state index contributed by atoms with van der Waals surface area (Å²) < 4.78 is 16.0. The highest BCUT2D eigenvalue weighted by molar-refractivity contribution is 5.96. The topological polar surface area (TPSA) is 166 Å². The summed E-state index contributed by atoms with van der Waals surface area (Å²) in [7, 11) is 0. The molecule has 1 aliphatic heterocycles. The van der Waals surface area contributed by atoms with Gasteiger partial charge in [0.05, 0.1) is 19.3 Å².